The number of anilines is 1. The van der Waals surface area contributed by atoms with Gasteiger partial charge in [-0.2, -0.15) is 0 Å². The Morgan fingerprint density at radius 3 is 2.68 bits per heavy atom. The Morgan fingerprint density at radius 2 is 2.00 bits per heavy atom. The summed E-state index contributed by atoms with van der Waals surface area (Å²) in [6.45, 7) is 0.912. The largest absolute Gasteiger partial charge is 0.399 e. The van der Waals surface area contributed by atoms with Crippen LogP contribution in [0, 0.1) is 5.92 Å². The highest BCUT2D eigenvalue weighted by atomic mass is 16.2. The van der Waals surface area contributed by atoms with Crippen molar-refractivity contribution in [3.05, 3.63) is 29.8 Å². The summed E-state index contributed by atoms with van der Waals surface area (Å²) in [6.07, 6.45) is 6.79. The summed E-state index contributed by atoms with van der Waals surface area (Å²) in [4.78, 5) is 14.7. The first-order valence-corrected chi connectivity index (χ1v) is 7.41. The van der Waals surface area contributed by atoms with Gasteiger partial charge in [0.1, 0.15) is 0 Å². The van der Waals surface area contributed by atoms with Gasteiger partial charge in [-0.05, 0) is 49.8 Å². The van der Waals surface area contributed by atoms with Crippen LogP contribution in [0.4, 0.5) is 5.69 Å². The van der Waals surface area contributed by atoms with Crippen LogP contribution in [0.3, 0.4) is 0 Å². The first-order chi connectivity index (χ1) is 9.25. The predicted octanol–water partition coefficient (Wildman–Crippen LogP) is 3.12. The molecule has 1 atom stereocenters. The minimum absolute atomic E-state index is 0.241. The monoisotopic (exact) mass is 258 g/mol. The van der Waals surface area contributed by atoms with Crippen molar-refractivity contribution in [1.29, 1.82) is 0 Å². The maximum Gasteiger partial charge on any atom is 0.226 e. The number of piperidine rings is 1. The van der Waals surface area contributed by atoms with E-state index < -0.39 is 0 Å². The van der Waals surface area contributed by atoms with Crippen LogP contribution >= 0.6 is 0 Å². The number of likely N-dealkylation sites (tertiary alicyclic amines) is 1. The Balaban J connectivity index is 1.82. The summed E-state index contributed by atoms with van der Waals surface area (Å²) in [7, 11) is 0. The second-order valence-electron chi connectivity index (χ2n) is 5.84. The maximum absolute atomic E-state index is 12.5. The number of nitrogen functional groups attached to an aromatic ring is 1. The van der Waals surface area contributed by atoms with Crippen molar-refractivity contribution in [3.8, 4) is 0 Å². The molecule has 3 rings (SSSR count). The Morgan fingerprint density at radius 1 is 1.16 bits per heavy atom. The number of hydrogen-bond acceptors (Lipinski definition) is 2. The highest BCUT2D eigenvalue weighted by molar-refractivity contribution is 5.80. The van der Waals surface area contributed by atoms with E-state index in [1.54, 1.807) is 0 Å². The van der Waals surface area contributed by atoms with Crippen LogP contribution in [-0.2, 0) is 4.79 Å². The first kappa shape index (κ1) is 12.5. The van der Waals surface area contributed by atoms with Gasteiger partial charge in [-0.1, -0.05) is 18.6 Å². The van der Waals surface area contributed by atoms with Crippen LogP contribution in [0.25, 0.3) is 0 Å². The van der Waals surface area contributed by atoms with Gasteiger partial charge in [0, 0.05) is 18.2 Å². The van der Waals surface area contributed by atoms with Gasteiger partial charge >= 0.3 is 0 Å². The van der Waals surface area contributed by atoms with Gasteiger partial charge in [-0.3, -0.25) is 4.79 Å². The molecule has 1 saturated carbocycles. The van der Waals surface area contributed by atoms with Gasteiger partial charge in [0.05, 0.1) is 6.04 Å². The molecule has 1 aromatic carbocycles. The SMILES string of the molecule is Nc1cccc(C2CCCCN2C(=O)C2CCC2)c1. The molecule has 0 radical (unpaired) electrons. The summed E-state index contributed by atoms with van der Waals surface area (Å²) in [5.41, 5.74) is 7.87. The second-order valence-corrected chi connectivity index (χ2v) is 5.84. The molecule has 0 spiro atoms. The van der Waals surface area contributed by atoms with Crippen LogP contribution in [0.2, 0.25) is 0 Å². The van der Waals surface area contributed by atoms with E-state index in [1.807, 2.05) is 18.2 Å². The molecule has 2 aliphatic rings. The number of nitrogens with zero attached hydrogens (tertiary/aromatic N) is 1. The summed E-state index contributed by atoms with van der Waals surface area (Å²) >= 11 is 0. The Hall–Kier alpha value is -1.51. The molecule has 19 heavy (non-hydrogen) atoms. The zero-order chi connectivity index (χ0) is 13.2. The van der Waals surface area contributed by atoms with Crippen molar-refractivity contribution in [2.75, 3.05) is 12.3 Å². The molecule has 3 heteroatoms. The van der Waals surface area contributed by atoms with Crippen LogP contribution < -0.4 is 5.73 Å². The molecule has 2 fully saturated rings. The molecule has 3 nitrogen and oxygen atoms in total. The van der Waals surface area contributed by atoms with Gasteiger partial charge < -0.3 is 10.6 Å². The quantitative estimate of drug-likeness (QED) is 0.828. The van der Waals surface area contributed by atoms with Gasteiger partial charge in [-0.15, -0.1) is 0 Å². The van der Waals surface area contributed by atoms with Gasteiger partial charge in [0.25, 0.3) is 0 Å². The van der Waals surface area contributed by atoms with Crippen molar-refractivity contribution in [3.63, 3.8) is 0 Å². The first-order valence-electron chi connectivity index (χ1n) is 7.41. The molecule has 1 aromatic rings. The number of amides is 1. The van der Waals surface area contributed by atoms with E-state index >= 15 is 0 Å². The van der Waals surface area contributed by atoms with E-state index in [4.69, 9.17) is 5.73 Å². The Bertz CT molecular complexity index is 468. The minimum atomic E-state index is 0.241. The second kappa shape index (κ2) is 5.24. The van der Waals surface area contributed by atoms with Crippen LogP contribution in [0.5, 0.6) is 0 Å². The van der Waals surface area contributed by atoms with E-state index in [0.29, 0.717) is 11.8 Å². The smallest absolute Gasteiger partial charge is 0.226 e. The topological polar surface area (TPSA) is 46.3 Å². The summed E-state index contributed by atoms with van der Waals surface area (Å²) < 4.78 is 0. The van der Waals surface area contributed by atoms with Crippen LogP contribution in [0.1, 0.15) is 50.1 Å². The molecular weight excluding hydrogens is 236 g/mol. The summed E-state index contributed by atoms with van der Waals surface area (Å²) in [5.74, 6) is 0.667. The molecule has 1 heterocycles. The fourth-order valence-corrected chi connectivity index (χ4v) is 3.20. The lowest BCUT2D eigenvalue weighted by Crippen LogP contribution is -2.43. The number of nitrogens with two attached hydrogens (primary N) is 1. The summed E-state index contributed by atoms with van der Waals surface area (Å²) in [5, 5.41) is 0. The third-order valence-corrected chi connectivity index (χ3v) is 4.54. The van der Waals surface area contributed by atoms with Crippen molar-refractivity contribution in [2.45, 2.75) is 44.6 Å². The van der Waals surface area contributed by atoms with E-state index in [1.165, 1.54) is 18.4 Å². The molecular formula is C16H22N2O. The predicted molar refractivity (Wildman–Crippen MR) is 76.5 cm³/mol. The van der Waals surface area contributed by atoms with Crippen molar-refractivity contribution >= 4 is 11.6 Å². The normalized spacial score (nSPS) is 24.0. The average molecular weight is 258 g/mol. The van der Waals surface area contributed by atoms with Gasteiger partial charge in [-0.25, -0.2) is 0 Å². The highest BCUT2D eigenvalue weighted by Gasteiger charge is 2.34. The lowest BCUT2D eigenvalue weighted by Gasteiger charge is -2.40. The number of carbonyl (C=O) groups is 1. The lowest BCUT2D eigenvalue weighted by atomic mass is 9.83. The van der Waals surface area contributed by atoms with Crippen LogP contribution in [-0.4, -0.2) is 17.4 Å². The third kappa shape index (κ3) is 2.46. The fourth-order valence-electron chi connectivity index (χ4n) is 3.20. The Labute approximate surface area is 114 Å². The maximum atomic E-state index is 12.5. The van der Waals surface area contributed by atoms with E-state index in [2.05, 4.69) is 11.0 Å². The van der Waals surface area contributed by atoms with E-state index in [9.17, 15) is 4.79 Å². The zero-order valence-corrected chi connectivity index (χ0v) is 11.3. The fraction of sp³-hybridized carbons (Fsp3) is 0.562. The number of benzene rings is 1. The zero-order valence-electron chi connectivity index (χ0n) is 11.3. The molecule has 1 unspecified atom stereocenters. The average Bonchev–Trinajstić information content (AvgIpc) is 2.37. The third-order valence-electron chi connectivity index (χ3n) is 4.54. The lowest BCUT2D eigenvalue weighted by molar-refractivity contribution is -0.142. The molecule has 2 N–H and O–H groups in total. The highest BCUT2D eigenvalue weighted by Crippen LogP contribution is 2.36. The minimum Gasteiger partial charge on any atom is -0.399 e. The van der Waals surface area contributed by atoms with E-state index in [-0.39, 0.29) is 6.04 Å². The Kier molecular flexibility index (Phi) is 3.45. The van der Waals surface area contributed by atoms with Crippen LogP contribution in [0.15, 0.2) is 24.3 Å². The molecule has 1 aliphatic heterocycles. The molecule has 1 amide bonds. The van der Waals surface area contributed by atoms with Gasteiger partial charge in [0.2, 0.25) is 5.91 Å². The van der Waals surface area contributed by atoms with Crippen molar-refractivity contribution in [1.82, 2.24) is 4.90 Å². The molecule has 102 valence electrons. The van der Waals surface area contributed by atoms with Gasteiger partial charge in [0.15, 0.2) is 0 Å². The standard InChI is InChI=1S/C16H22N2O/c17-14-8-4-7-13(11-14)15-9-1-2-10-18(15)16(19)12-5-3-6-12/h4,7-8,11-12,15H,1-3,5-6,9-10,17H2. The molecule has 1 aliphatic carbocycles. The van der Waals surface area contributed by atoms with E-state index in [0.717, 1.165) is 37.9 Å². The molecule has 1 saturated heterocycles. The summed E-state index contributed by atoms with van der Waals surface area (Å²) in [6, 6.07) is 8.27. The molecule has 0 bridgehead atoms. The molecule has 0 aromatic heterocycles. The van der Waals surface area contributed by atoms with Crippen molar-refractivity contribution < 1.29 is 4.79 Å². The van der Waals surface area contributed by atoms with Crippen molar-refractivity contribution in [2.24, 2.45) is 5.92 Å². The number of rotatable bonds is 2. The number of carbonyl (C=O) groups excluding carboxylic acids is 1. The number of hydrogen-bond donors (Lipinski definition) is 1.